The Kier molecular flexibility index (Phi) is 8.64. The number of carboxylic acids is 1. The maximum Gasteiger partial charge on any atom is 0.317 e. The van der Waals surface area contributed by atoms with Gasteiger partial charge in [-0.05, 0) is 12.2 Å². The van der Waals surface area contributed by atoms with Crippen LogP contribution in [0.25, 0.3) is 0 Å². The Morgan fingerprint density at radius 1 is 1.33 bits per heavy atom. The summed E-state index contributed by atoms with van der Waals surface area (Å²) in [5, 5.41) is 13.7. The summed E-state index contributed by atoms with van der Waals surface area (Å²) in [6.07, 6.45) is 0.785. The quantitative estimate of drug-likeness (QED) is 0.295. The Labute approximate surface area is 99.8 Å². The summed E-state index contributed by atoms with van der Waals surface area (Å²) in [6, 6.07) is -0.565. The molecule has 0 aliphatic rings. The van der Waals surface area contributed by atoms with Crippen molar-refractivity contribution in [2.24, 2.45) is 0 Å². The van der Waals surface area contributed by atoms with Crippen molar-refractivity contribution in [1.29, 1.82) is 0 Å². The summed E-state index contributed by atoms with van der Waals surface area (Å²) in [5.74, 6) is -0.257. The lowest BCUT2D eigenvalue weighted by Gasteiger charge is -2.14. The lowest BCUT2D eigenvalue weighted by Crippen LogP contribution is -2.47. The number of amides is 1. The molecule has 0 rings (SSSR count). The van der Waals surface area contributed by atoms with E-state index >= 15 is 0 Å². The molecule has 0 saturated carbocycles. The Morgan fingerprint density at radius 2 is 2.00 bits per heavy atom. The molecule has 7 heteroatoms. The monoisotopic (exact) mass is 252 g/mol. The minimum atomic E-state index is -0.995. The van der Waals surface area contributed by atoms with Crippen molar-refractivity contribution in [1.82, 2.24) is 10.6 Å². The molecule has 0 aromatic rings. The van der Waals surface area contributed by atoms with E-state index in [4.69, 9.17) is 5.11 Å². The van der Waals surface area contributed by atoms with Gasteiger partial charge in [0.25, 0.3) is 0 Å². The van der Waals surface area contributed by atoms with Gasteiger partial charge in [0.05, 0.1) is 12.6 Å². The molecule has 1 unspecified atom stereocenters. The summed E-state index contributed by atoms with van der Waals surface area (Å²) in [7, 11) is 0. The van der Waals surface area contributed by atoms with Gasteiger partial charge in [-0.1, -0.05) is 0 Å². The highest BCUT2D eigenvalue weighted by atomic mass is 32.1. The van der Waals surface area contributed by atoms with Crippen molar-refractivity contribution in [3.05, 3.63) is 0 Å². The Bertz CT molecular complexity index is 214. The van der Waals surface area contributed by atoms with E-state index in [9.17, 15) is 9.59 Å². The maximum absolute atomic E-state index is 11.4. The topological polar surface area (TPSA) is 78.4 Å². The van der Waals surface area contributed by atoms with Crippen molar-refractivity contribution in [2.45, 2.75) is 12.5 Å². The molecular formula is C8H16N2O3S2. The summed E-state index contributed by atoms with van der Waals surface area (Å²) >= 11 is 7.98. The first-order valence-corrected chi connectivity index (χ1v) is 5.83. The molecule has 0 fully saturated rings. The van der Waals surface area contributed by atoms with Crippen LogP contribution in [0.3, 0.4) is 0 Å². The number of aliphatic carboxylic acids is 1. The van der Waals surface area contributed by atoms with E-state index in [-0.39, 0.29) is 18.2 Å². The molecule has 1 amide bonds. The molecule has 0 aliphatic heterocycles. The van der Waals surface area contributed by atoms with Crippen LogP contribution in [0.2, 0.25) is 0 Å². The standard InChI is InChI=1S/C8H16N2O3S2/c11-7(12)4-10-6(5-15)8(13)9-2-1-3-14/h6,10,14-15H,1-5H2,(H,9,13)(H,11,12). The highest BCUT2D eigenvalue weighted by Gasteiger charge is 2.16. The fourth-order valence-corrected chi connectivity index (χ4v) is 1.32. The van der Waals surface area contributed by atoms with Gasteiger partial charge in [0.2, 0.25) is 5.91 Å². The van der Waals surface area contributed by atoms with E-state index in [1.54, 1.807) is 0 Å². The first-order chi connectivity index (χ1) is 7.11. The van der Waals surface area contributed by atoms with Gasteiger partial charge < -0.3 is 10.4 Å². The molecule has 3 N–H and O–H groups in total. The largest absolute Gasteiger partial charge is 0.480 e. The predicted molar refractivity (Wildman–Crippen MR) is 64.8 cm³/mol. The average molecular weight is 252 g/mol. The van der Waals surface area contributed by atoms with Crippen LogP contribution in [0.5, 0.6) is 0 Å². The van der Waals surface area contributed by atoms with E-state index in [2.05, 4.69) is 35.9 Å². The first-order valence-electron chi connectivity index (χ1n) is 4.56. The highest BCUT2D eigenvalue weighted by molar-refractivity contribution is 7.80. The van der Waals surface area contributed by atoms with Crippen molar-refractivity contribution < 1.29 is 14.7 Å². The van der Waals surface area contributed by atoms with Gasteiger partial charge in [0, 0.05) is 12.3 Å². The smallest absolute Gasteiger partial charge is 0.317 e. The first kappa shape index (κ1) is 14.6. The number of carboxylic acid groups (broad SMARTS) is 1. The third-order valence-corrected chi connectivity index (χ3v) is 2.31. The van der Waals surface area contributed by atoms with Crippen LogP contribution in [-0.4, -0.2) is 47.6 Å². The van der Waals surface area contributed by atoms with Crippen molar-refractivity contribution in [2.75, 3.05) is 24.6 Å². The predicted octanol–water partition coefficient (Wildman–Crippen LogP) is -0.605. The van der Waals surface area contributed by atoms with E-state index < -0.39 is 12.0 Å². The van der Waals surface area contributed by atoms with Gasteiger partial charge in [0.15, 0.2) is 0 Å². The summed E-state index contributed by atoms with van der Waals surface area (Å²) in [5.41, 5.74) is 0. The number of rotatable bonds is 8. The van der Waals surface area contributed by atoms with Crippen LogP contribution in [0.4, 0.5) is 0 Å². The third-order valence-electron chi connectivity index (χ3n) is 1.63. The van der Waals surface area contributed by atoms with Crippen LogP contribution in [-0.2, 0) is 9.59 Å². The lowest BCUT2D eigenvalue weighted by atomic mass is 10.3. The van der Waals surface area contributed by atoms with Crippen LogP contribution in [0.15, 0.2) is 0 Å². The SMILES string of the molecule is O=C(O)CNC(CS)C(=O)NCCCS. The highest BCUT2D eigenvalue weighted by Crippen LogP contribution is 1.89. The zero-order valence-electron chi connectivity index (χ0n) is 8.27. The molecule has 15 heavy (non-hydrogen) atoms. The Morgan fingerprint density at radius 3 is 2.47 bits per heavy atom. The maximum atomic E-state index is 11.4. The van der Waals surface area contributed by atoms with Gasteiger partial charge in [-0.3, -0.25) is 14.9 Å². The third kappa shape index (κ3) is 7.52. The molecule has 88 valence electrons. The van der Waals surface area contributed by atoms with Crippen LogP contribution in [0, 0.1) is 0 Å². The van der Waals surface area contributed by atoms with Gasteiger partial charge in [0.1, 0.15) is 0 Å². The van der Waals surface area contributed by atoms with Crippen molar-refractivity contribution >= 4 is 37.1 Å². The van der Waals surface area contributed by atoms with Crippen LogP contribution in [0.1, 0.15) is 6.42 Å². The van der Waals surface area contributed by atoms with Gasteiger partial charge in [-0.15, -0.1) is 0 Å². The number of carbonyl (C=O) groups is 2. The van der Waals surface area contributed by atoms with Gasteiger partial charge >= 0.3 is 5.97 Å². The van der Waals surface area contributed by atoms with Crippen molar-refractivity contribution in [3.63, 3.8) is 0 Å². The molecule has 0 bridgehead atoms. The van der Waals surface area contributed by atoms with E-state index in [1.807, 2.05) is 0 Å². The number of carbonyl (C=O) groups excluding carboxylic acids is 1. The number of hydrogen-bond donors (Lipinski definition) is 5. The summed E-state index contributed by atoms with van der Waals surface area (Å²) in [6.45, 7) is 0.298. The zero-order valence-corrected chi connectivity index (χ0v) is 10.1. The van der Waals surface area contributed by atoms with Crippen molar-refractivity contribution in [3.8, 4) is 0 Å². The van der Waals surface area contributed by atoms with Gasteiger partial charge in [-0.25, -0.2) is 0 Å². The molecule has 0 aromatic heterocycles. The zero-order chi connectivity index (χ0) is 11.7. The molecule has 0 heterocycles. The molecule has 0 aliphatic carbocycles. The molecule has 0 saturated heterocycles. The molecule has 0 aromatic carbocycles. The summed E-state index contributed by atoms with van der Waals surface area (Å²) in [4.78, 5) is 21.7. The Hall–Kier alpha value is -0.400. The molecular weight excluding hydrogens is 236 g/mol. The van der Waals surface area contributed by atoms with E-state index in [1.165, 1.54) is 0 Å². The molecule has 1 atom stereocenters. The van der Waals surface area contributed by atoms with Gasteiger partial charge in [-0.2, -0.15) is 25.3 Å². The second-order valence-corrected chi connectivity index (χ2v) is 3.69. The minimum absolute atomic E-state index is 0.229. The number of nitrogens with one attached hydrogen (secondary N) is 2. The van der Waals surface area contributed by atoms with Crippen LogP contribution < -0.4 is 10.6 Å². The lowest BCUT2D eigenvalue weighted by molar-refractivity contribution is -0.136. The van der Waals surface area contributed by atoms with Crippen LogP contribution >= 0.6 is 25.3 Å². The minimum Gasteiger partial charge on any atom is -0.480 e. The van der Waals surface area contributed by atoms with E-state index in [0.717, 1.165) is 6.42 Å². The fourth-order valence-electron chi connectivity index (χ4n) is 0.865. The van der Waals surface area contributed by atoms with E-state index in [0.29, 0.717) is 12.3 Å². The molecule has 0 radical (unpaired) electrons. The second kappa shape index (κ2) is 8.87. The number of thiol groups is 2. The molecule has 0 spiro atoms. The molecule has 5 nitrogen and oxygen atoms in total. The fraction of sp³-hybridized carbons (Fsp3) is 0.750. The summed E-state index contributed by atoms with van der Waals surface area (Å²) < 4.78 is 0. The normalized spacial score (nSPS) is 12.1. The average Bonchev–Trinajstić information content (AvgIpc) is 2.18. The second-order valence-electron chi connectivity index (χ2n) is 2.88. The number of hydrogen-bond acceptors (Lipinski definition) is 5. The Balaban J connectivity index is 3.82.